The summed E-state index contributed by atoms with van der Waals surface area (Å²) < 4.78 is 18.8. The van der Waals surface area contributed by atoms with Crippen LogP contribution in [0.1, 0.15) is 6.92 Å². The van der Waals surface area contributed by atoms with E-state index in [1.54, 1.807) is 12.1 Å². The molecule has 2 N–H and O–H groups in total. The fourth-order valence-corrected chi connectivity index (χ4v) is 2.40. The van der Waals surface area contributed by atoms with E-state index in [-0.39, 0.29) is 5.75 Å². The standard InChI is InChI=1S/C19H19FN4O/c1-3-21-19-23-16(13-7-5-4-6-8-13)12-18(24-19)22-14-9-10-17(25-2)15(20)11-14/h4-12H,3H2,1-2H3,(H2,21,22,23,24). The molecule has 5 nitrogen and oxygen atoms in total. The highest BCUT2D eigenvalue weighted by molar-refractivity contribution is 5.67. The molecule has 0 bridgehead atoms. The summed E-state index contributed by atoms with van der Waals surface area (Å²) in [6.45, 7) is 2.68. The zero-order chi connectivity index (χ0) is 17.6. The molecule has 0 saturated carbocycles. The molecular weight excluding hydrogens is 319 g/mol. The second-order valence-corrected chi connectivity index (χ2v) is 5.33. The van der Waals surface area contributed by atoms with Gasteiger partial charge in [0.1, 0.15) is 5.82 Å². The normalized spacial score (nSPS) is 10.4. The SMILES string of the molecule is CCNc1nc(Nc2ccc(OC)c(F)c2)cc(-c2ccccc2)n1. The predicted molar refractivity (Wildman–Crippen MR) is 97.9 cm³/mol. The average Bonchev–Trinajstić information content (AvgIpc) is 2.63. The molecule has 0 aliphatic carbocycles. The van der Waals surface area contributed by atoms with Crippen LogP contribution in [-0.2, 0) is 0 Å². The highest BCUT2D eigenvalue weighted by atomic mass is 19.1. The molecule has 3 rings (SSSR count). The Hall–Kier alpha value is -3.15. The number of methoxy groups -OCH3 is 1. The Morgan fingerprint density at radius 3 is 2.52 bits per heavy atom. The first-order valence-electron chi connectivity index (χ1n) is 7.98. The molecule has 0 atom stereocenters. The van der Waals surface area contributed by atoms with Gasteiger partial charge in [0.2, 0.25) is 5.95 Å². The zero-order valence-electron chi connectivity index (χ0n) is 14.1. The Kier molecular flexibility index (Phi) is 5.09. The molecule has 0 radical (unpaired) electrons. The number of ether oxygens (including phenoxy) is 1. The van der Waals surface area contributed by atoms with Gasteiger partial charge >= 0.3 is 0 Å². The molecule has 3 aromatic rings. The van der Waals surface area contributed by atoms with Gasteiger partial charge in [-0.1, -0.05) is 30.3 Å². The van der Waals surface area contributed by atoms with Gasteiger partial charge in [0.25, 0.3) is 0 Å². The third-order valence-corrected chi connectivity index (χ3v) is 3.55. The largest absolute Gasteiger partial charge is 0.494 e. The first-order valence-corrected chi connectivity index (χ1v) is 7.98. The van der Waals surface area contributed by atoms with Gasteiger partial charge in [0, 0.05) is 29.9 Å². The summed E-state index contributed by atoms with van der Waals surface area (Å²) in [5.74, 6) is 0.859. The minimum absolute atomic E-state index is 0.201. The number of anilines is 3. The van der Waals surface area contributed by atoms with Gasteiger partial charge in [-0.25, -0.2) is 9.37 Å². The summed E-state index contributed by atoms with van der Waals surface area (Å²) in [4.78, 5) is 8.95. The van der Waals surface area contributed by atoms with E-state index < -0.39 is 5.82 Å². The van der Waals surface area contributed by atoms with Crippen molar-refractivity contribution in [2.45, 2.75) is 6.92 Å². The summed E-state index contributed by atoms with van der Waals surface area (Å²) >= 11 is 0. The molecule has 0 spiro atoms. The molecular formula is C19H19FN4O. The van der Waals surface area contributed by atoms with Crippen molar-refractivity contribution in [3.63, 3.8) is 0 Å². The van der Waals surface area contributed by atoms with Crippen molar-refractivity contribution in [3.05, 3.63) is 60.4 Å². The van der Waals surface area contributed by atoms with Gasteiger partial charge in [-0.2, -0.15) is 4.98 Å². The lowest BCUT2D eigenvalue weighted by molar-refractivity contribution is 0.386. The number of halogens is 1. The predicted octanol–water partition coefficient (Wildman–Crippen LogP) is 4.47. The van der Waals surface area contributed by atoms with Gasteiger partial charge in [0.05, 0.1) is 12.8 Å². The maximum atomic E-state index is 13.9. The van der Waals surface area contributed by atoms with Crippen LogP contribution in [0.2, 0.25) is 0 Å². The van der Waals surface area contributed by atoms with Crippen LogP contribution >= 0.6 is 0 Å². The highest BCUT2D eigenvalue weighted by Gasteiger charge is 2.08. The Morgan fingerprint density at radius 2 is 1.84 bits per heavy atom. The van der Waals surface area contributed by atoms with E-state index in [4.69, 9.17) is 4.74 Å². The fourth-order valence-electron chi connectivity index (χ4n) is 2.40. The van der Waals surface area contributed by atoms with E-state index in [0.717, 1.165) is 11.3 Å². The maximum Gasteiger partial charge on any atom is 0.225 e. The summed E-state index contributed by atoms with van der Waals surface area (Å²) in [5.41, 5.74) is 2.34. The van der Waals surface area contributed by atoms with Crippen LogP contribution in [0.5, 0.6) is 5.75 Å². The first kappa shape index (κ1) is 16.7. The van der Waals surface area contributed by atoms with Crippen molar-refractivity contribution in [3.8, 4) is 17.0 Å². The van der Waals surface area contributed by atoms with Crippen molar-refractivity contribution < 1.29 is 9.13 Å². The molecule has 128 valence electrons. The molecule has 0 unspecified atom stereocenters. The van der Waals surface area contributed by atoms with E-state index in [2.05, 4.69) is 20.6 Å². The summed E-state index contributed by atoms with van der Waals surface area (Å²) in [6, 6.07) is 16.3. The lowest BCUT2D eigenvalue weighted by Crippen LogP contribution is -2.05. The molecule has 6 heteroatoms. The number of rotatable bonds is 6. The van der Waals surface area contributed by atoms with Gasteiger partial charge < -0.3 is 15.4 Å². The Morgan fingerprint density at radius 1 is 1.04 bits per heavy atom. The fraction of sp³-hybridized carbons (Fsp3) is 0.158. The van der Waals surface area contributed by atoms with E-state index in [9.17, 15) is 4.39 Å². The minimum Gasteiger partial charge on any atom is -0.494 e. The van der Waals surface area contributed by atoms with Crippen LogP contribution in [0.3, 0.4) is 0 Å². The van der Waals surface area contributed by atoms with Gasteiger partial charge in [-0.05, 0) is 19.1 Å². The van der Waals surface area contributed by atoms with Crippen LogP contribution in [-0.4, -0.2) is 23.6 Å². The number of aromatic nitrogens is 2. The van der Waals surface area contributed by atoms with Crippen molar-refractivity contribution in [1.29, 1.82) is 0 Å². The van der Waals surface area contributed by atoms with Crippen molar-refractivity contribution in [2.75, 3.05) is 24.3 Å². The number of nitrogens with zero attached hydrogens (tertiary/aromatic N) is 2. The Bertz CT molecular complexity index is 855. The minimum atomic E-state index is -0.434. The van der Waals surface area contributed by atoms with Gasteiger partial charge in [-0.15, -0.1) is 0 Å². The molecule has 0 aliphatic heterocycles. The summed E-state index contributed by atoms with van der Waals surface area (Å²) in [7, 11) is 1.44. The summed E-state index contributed by atoms with van der Waals surface area (Å²) in [5, 5.41) is 6.24. The molecule has 1 aromatic heterocycles. The topological polar surface area (TPSA) is 59.1 Å². The van der Waals surface area contributed by atoms with E-state index >= 15 is 0 Å². The zero-order valence-corrected chi connectivity index (χ0v) is 14.1. The second kappa shape index (κ2) is 7.61. The molecule has 2 aromatic carbocycles. The summed E-state index contributed by atoms with van der Waals surface area (Å²) in [6.07, 6.45) is 0. The number of benzene rings is 2. The van der Waals surface area contributed by atoms with Crippen LogP contribution in [0.25, 0.3) is 11.3 Å². The molecule has 0 saturated heterocycles. The van der Waals surface area contributed by atoms with Crippen LogP contribution in [0.4, 0.5) is 21.8 Å². The van der Waals surface area contributed by atoms with E-state index in [0.29, 0.717) is 24.0 Å². The molecule has 1 heterocycles. The van der Waals surface area contributed by atoms with Crippen LogP contribution in [0.15, 0.2) is 54.6 Å². The third kappa shape index (κ3) is 4.03. The van der Waals surface area contributed by atoms with E-state index in [1.165, 1.54) is 13.2 Å². The van der Waals surface area contributed by atoms with Gasteiger partial charge in [0.15, 0.2) is 11.6 Å². The quantitative estimate of drug-likeness (QED) is 0.694. The maximum absolute atomic E-state index is 13.9. The number of hydrogen-bond donors (Lipinski definition) is 2. The van der Waals surface area contributed by atoms with Crippen molar-refractivity contribution in [2.24, 2.45) is 0 Å². The smallest absolute Gasteiger partial charge is 0.225 e. The van der Waals surface area contributed by atoms with Crippen molar-refractivity contribution in [1.82, 2.24) is 9.97 Å². The molecule has 0 aliphatic rings. The highest BCUT2D eigenvalue weighted by Crippen LogP contribution is 2.26. The lowest BCUT2D eigenvalue weighted by Gasteiger charge is -2.11. The molecule has 0 amide bonds. The van der Waals surface area contributed by atoms with Crippen molar-refractivity contribution >= 4 is 17.5 Å². The molecule has 25 heavy (non-hydrogen) atoms. The van der Waals surface area contributed by atoms with Gasteiger partial charge in [-0.3, -0.25) is 0 Å². The average molecular weight is 338 g/mol. The number of nitrogens with one attached hydrogen (secondary N) is 2. The van der Waals surface area contributed by atoms with Crippen LogP contribution < -0.4 is 15.4 Å². The first-order chi connectivity index (χ1) is 12.2. The molecule has 0 fully saturated rings. The Balaban J connectivity index is 1.95. The lowest BCUT2D eigenvalue weighted by atomic mass is 10.1. The van der Waals surface area contributed by atoms with Crippen LogP contribution in [0, 0.1) is 5.82 Å². The monoisotopic (exact) mass is 338 g/mol. The Labute approximate surface area is 145 Å². The van der Waals surface area contributed by atoms with E-state index in [1.807, 2.05) is 43.3 Å². The number of hydrogen-bond acceptors (Lipinski definition) is 5. The second-order valence-electron chi connectivity index (χ2n) is 5.33. The third-order valence-electron chi connectivity index (χ3n) is 3.55.